The molecule has 2 heterocycles. The number of hydrogen-bond acceptors (Lipinski definition) is 3. The smallest absolute Gasteiger partial charge is 0.222 e. The second-order valence-electron chi connectivity index (χ2n) is 6.86. The van der Waals surface area contributed by atoms with E-state index in [1.165, 1.54) is 12.8 Å². The third kappa shape index (κ3) is 3.95. The van der Waals surface area contributed by atoms with Crippen molar-refractivity contribution < 1.29 is 9.53 Å². The highest BCUT2D eigenvalue weighted by Gasteiger charge is 2.33. The van der Waals surface area contributed by atoms with Gasteiger partial charge in [-0.3, -0.25) is 4.79 Å². The molecule has 2 aliphatic heterocycles. The van der Waals surface area contributed by atoms with Crippen LogP contribution in [0.3, 0.4) is 0 Å². The maximum Gasteiger partial charge on any atom is 0.222 e. The predicted molar refractivity (Wildman–Crippen MR) is 80.6 cm³/mol. The van der Waals surface area contributed by atoms with Crippen LogP contribution in [0.25, 0.3) is 0 Å². The average Bonchev–Trinajstić information content (AvgIpc) is 2.48. The third-order valence-electron chi connectivity index (χ3n) is 5.14. The van der Waals surface area contributed by atoms with Crippen molar-refractivity contribution in [3.63, 3.8) is 0 Å². The number of piperidine rings is 2. The molecule has 1 amide bonds. The molecule has 4 heteroatoms. The Morgan fingerprint density at radius 2 is 2.30 bits per heavy atom. The number of rotatable bonds is 4. The van der Waals surface area contributed by atoms with Crippen LogP contribution in [-0.4, -0.2) is 49.7 Å². The summed E-state index contributed by atoms with van der Waals surface area (Å²) in [6, 6.07) is 0. The van der Waals surface area contributed by atoms with Gasteiger partial charge in [0.1, 0.15) is 0 Å². The zero-order chi connectivity index (χ0) is 14.6. The zero-order valence-electron chi connectivity index (χ0n) is 13.3. The second kappa shape index (κ2) is 6.90. The first-order chi connectivity index (χ1) is 9.54. The van der Waals surface area contributed by atoms with Crippen LogP contribution in [0.1, 0.15) is 46.0 Å². The van der Waals surface area contributed by atoms with E-state index in [1.54, 1.807) is 7.11 Å². The molecule has 116 valence electrons. The maximum atomic E-state index is 12.5. The van der Waals surface area contributed by atoms with Gasteiger partial charge in [0.05, 0.1) is 5.60 Å². The van der Waals surface area contributed by atoms with E-state index in [9.17, 15) is 4.79 Å². The minimum Gasteiger partial charge on any atom is -0.377 e. The van der Waals surface area contributed by atoms with E-state index in [0.717, 1.165) is 39.0 Å². The molecular weight excluding hydrogens is 252 g/mol. The summed E-state index contributed by atoms with van der Waals surface area (Å²) >= 11 is 0. The summed E-state index contributed by atoms with van der Waals surface area (Å²) in [6.07, 6.45) is 5.29. The van der Waals surface area contributed by atoms with E-state index in [0.29, 0.717) is 24.2 Å². The zero-order valence-corrected chi connectivity index (χ0v) is 13.3. The molecule has 0 aromatic rings. The van der Waals surface area contributed by atoms with Crippen molar-refractivity contribution in [1.29, 1.82) is 0 Å². The lowest BCUT2D eigenvalue weighted by atomic mass is 9.85. The molecule has 0 aromatic carbocycles. The lowest BCUT2D eigenvalue weighted by molar-refractivity contribution is -0.140. The first-order valence-corrected chi connectivity index (χ1v) is 8.08. The van der Waals surface area contributed by atoms with Gasteiger partial charge in [-0.05, 0) is 57.5 Å². The Labute approximate surface area is 123 Å². The summed E-state index contributed by atoms with van der Waals surface area (Å²) in [7, 11) is 1.75. The van der Waals surface area contributed by atoms with Crippen LogP contribution in [-0.2, 0) is 9.53 Å². The fourth-order valence-electron chi connectivity index (χ4n) is 3.52. The number of methoxy groups -OCH3 is 1. The van der Waals surface area contributed by atoms with E-state index in [1.807, 2.05) is 4.90 Å². The molecule has 3 unspecified atom stereocenters. The van der Waals surface area contributed by atoms with Crippen molar-refractivity contribution in [3.8, 4) is 0 Å². The van der Waals surface area contributed by atoms with E-state index < -0.39 is 0 Å². The summed E-state index contributed by atoms with van der Waals surface area (Å²) in [6.45, 7) is 8.20. The molecule has 0 radical (unpaired) electrons. The van der Waals surface area contributed by atoms with E-state index in [-0.39, 0.29) is 5.60 Å². The maximum absolute atomic E-state index is 12.5. The van der Waals surface area contributed by atoms with Crippen molar-refractivity contribution in [2.24, 2.45) is 11.8 Å². The van der Waals surface area contributed by atoms with Gasteiger partial charge in [-0.25, -0.2) is 0 Å². The SMILES string of the molecule is COC1(C)CCCN(C(=O)CC(C)C2CCCNC2)C1. The van der Waals surface area contributed by atoms with Gasteiger partial charge in [-0.15, -0.1) is 0 Å². The standard InChI is InChI=1S/C16H30N2O2/c1-13(14-6-4-8-17-11-14)10-15(19)18-9-5-7-16(2,12-18)20-3/h13-14,17H,4-12H2,1-3H3. The monoisotopic (exact) mass is 282 g/mol. The van der Waals surface area contributed by atoms with Crippen LogP contribution in [0.2, 0.25) is 0 Å². The lowest BCUT2D eigenvalue weighted by Crippen LogP contribution is -2.50. The second-order valence-corrected chi connectivity index (χ2v) is 6.86. The molecule has 3 atom stereocenters. The lowest BCUT2D eigenvalue weighted by Gasteiger charge is -2.40. The van der Waals surface area contributed by atoms with Crippen LogP contribution in [0.4, 0.5) is 0 Å². The molecule has 2 rings (SSSR count). The number of ether oxygens (including phenoxy) is 1. The highest BCUT2D eigenvalue weighted by molar-refractivity contribution is 5.76. The summed E-state index contributed by atoms with van der Waals surface area (Å²) in [5.41, 5.74) is -0.149. The number of carbonyl (C=O) groups excluding carboxylic acids is 1. The molecule has 4 nitrogen and oxygen atoms in total. The van der Waals surface area contributed by atoms with Gasteiger partial charge < -0.3 is 15.0 Å². The highest BCUT2D eigenvalue weighted by atomic mass is 16.5. The minimum atomic E-state index is -0.149. The van der Waals surface area contributed by atoms with Gasteiger partial charge in [-0.2, -0.15) is 0 Å². The molecule has 2 fully saturated rings. The van der Waals surface area contributed by atoms with Crippen molar-refractivity contribution in [2.75, 3.05) is 33.3 Å². The summed E-state index contributed by atoms with van der Waals surface area (Å²) < 4.78 is 5.58. The number of hydrogen-bond donors (Lipinski definition) is 1. The van der Waals surface area contributed by atoms with Crippen molar-refractivity contribution >= 4 is 5.91 Å². The number of nitrogens with zero attached hydrogens (tertiary/aromatic N) is 1. The number of likely N-dealkylation sites (tertiary alicyclic amines) is 1. The van der Waals surface area contributed by atoms with Crippen molar-refractivity contribution in [1.82, 2.24) is 10.2 Å². The van der Waals surface area contributed by atoms with Gasteiger partial charge in [-0.1, -0.05) is 6.92 Å². The summed E-state index contributed by atoms with van der Waals surface area (Å²) in [5, 5.41) is 3.45. The average molecular weight is 282 g/mol. The molecular formula is C16H30N2O2. The van der Waals surface area contributed by atoms with Crippen molar-refractivity contribution in [3.05, 3.63) is 0 Å². The van der Waals surface area contributed by atoms with E-state index in [4.69, 9.17) is 4.74 Å². The Balaban J connectivity index is 1.84. The molecule has 1 N–H and O–H groups in total. The fourth-order valence-corrected chi connectivity index (χ4v) is 3.52. The molecule has 0 aromatic heterocycles. The van der Waals surface area contributed by atoms with Gasteiger partial charge in [0.25, 0.3) is 0 Å². The van der Waals surface area contributed by atoms with Gasteiger partial charge in [0.2, 0.25) is 5.91 Å². The largest absolute Gasteiger partial charge is 0.377 e. The first kappa shape index (κ1) is 15.8. The first-order valence-electron chi connectivity index (χ1n) is 8.08. The van der Waals surface area contributed by atoms with Gasteiger partial charge >= 0.3 is 0 Å². The number of carbonyl (C=O) groups is 1. The molecule has 20 heavy (non-hydrogen) atoms. The van der Waals surface area contributed by atoms with E-state index >= 15 is 0 Å². The molecule has 0 bridgehead atoms. The van der Waals surface area contributed by atoms with Crippen LogP contribution < -0.4 is 5.32 Å². The van der Waals surface area contributed by atoms with Crippen LogP contribution >= 0.6 is 0 Å². The Morgan fingerprint density at radius 3 is 2.95 bits per heavy atom. The molecule has 0 saturated carbocycles. The normalized spacial score (nSPS) is 33.0. The Kier molecular flexibility index (Phi) is 5.44. The minimum absolute atomic E-state index is 0.149. The molecule has 0 aliphatic carbocycles. The van der Waals surface area contributed by atoms with Crippen LogP contribution in [0.15, 0.2) is 0 Å². The quantitative estimate of drug-likeness (QED) is 0.858. The van der Waals surface area contributed by atoms with Crippen molar-refractivity contribution in [2.45, 2.75) is 51.6 Å². The predicted octanol–water partition coefficient (Wildman–Crippen LogP) is 2.04. The molecule has 2 aliphatic rings. The molecule has 0 spiro atoms. The Hall–Kier alpha value is -0.610. The summed E-state index contributed by atoms with van der Waals surface area (Å²) in [5.74, 6) is 1.45. The van der Waals surface area contributed by atoms with Gasteiger partial charge in [0, 0.05) is 26.6 Å². The topological polar surface area (TPSA) is 41.6 Å². The highest BCUT2D eigenvalue weighted by Crippen LogP contribution is 2.27. The Bertz CT molecular complexity index is 328. The van der Waals surface area contributed by atoms with E-state index in [2.05, 4.69) is 19.2 Å². The molecule has 2 saturated heterocycles. The fraction of sp³-hybridized carbons (Fsp3) is 0.938. The summed E-state index contributed by atoms with van der Waals surface area (Å²) in [4.78, 5) is 14.5. The van der Waals surface area contributed by atoms with Crippen LogP contribution in [0, 0.1) is 11.8 Å². The van der Waals surface area contributed by atoms with Crippen LogP contribution in [0.5, 0.6) is 0 Å². The third-order valence-corrected chi connectivity index (χ3v) is 5.14. The van der Waals surface area contributed by atoms with Gasteiger partial charge in [0.15, 0.2) is 0 Å². The number of amides is 1. The Morgan fingerprint density at radius 1 is 1.50 bits per heavy atom. The number of nitrogens with one attached hydrogen (secondary N) is 1.